The second-order valence-electron chi connectivity index (χ2n) is 8.38. The van der Waals surface area contributed by atoms with Gasteiger partial charge in [-0.1, -0.05) is 36.5 Å². The minimum atomic E-state index is -0.278. The summed E-state index contributed by atoms with van der Waals surface area (Å²) in [6.45, 7) is 7.17. The van der Waals surface area contributed by atoms with Crippen molar-refractivity contribution >= 4 is 28.3 Å². The molecule has 5 rings (SSSR count). The van der Waals surface area contributed by atoms with Crippen LogP contribution in [0.4, 0.5) is 15.7 Å². The van der Waals surface area contributed by atoms with Crippen LogP contribution >= 0.6 is 11.3 Å². The van der Waals surface area contributed by atoms with Crippen LogP contribution in [0.15, 0.2) is 42.6 Å². The van der Waals surface area contributed by atoms with Gasteiger partial charge in [-0.05, 0) is 49.9 Å². The van der Waals surface area contributed by atoms with Gasteiger partial charge in [-0.15, -0.1) is 0 Å². The van der Waals surface area contributed by atoms with E-state index in [2.05, 4.69) is 59.9 Å². The highest BCUT2D eigenvalue weighted by Gasteiger charge is 2.34. The molecule has 2 amide bonds. The van der Waals surface area contributed by atoms with Crippen LogP contribution in [0.1, 0.15) is 36.6 Å². The number of hydrogen-bond donors (Lipinski definition) is 3. The first-order valence-electron chi connectivity index (χ1n) is 11.4. The highest BCUT2D eigenvalue weighted by atomic mass is 32.1. The molecular formula is C25H27N7OS. The summed E-state index contributed by atoms with van der Waals surface area (Å²) < 4.78 is 2.04. The fraction of sp³-hybridized carbons (Fsp3) is 0.280. The van der Waals surface area contributed by atoms with E-state index in [1.165, 1.54) is 16.9 Å². The number of fused-ring (bicyclic) bond motifs is 3. The predicted octanol–water partition coefficient (Wildman–Crippen LogP) is 5.21. The van der Waals surface area contributed by atoms with Crippen molar-refractivity contribution in [1.29, 1.82) is 0 Å². The monoisotopic (exact) mass is 473 g/mol. The lowest BCUT2D eigenvalue weighted by Gasteiger charge is -2.20. The number of pyridine rings is 1. The molecule has 1 aliphatic rings. The minimum absolute atomic E-state index is 0.207. The van der Waals surface area contributed by atoms with Crippen molar-refractivity contribution in [3.63, 3.8) is 0 Å². The topological polar surface area (TPSA) is 96.8 Å². The smallest absolute Gasteiger partial charge is 0.320 e. The first-order chi connectivity index (χ1) is 16.5. The summed E-state index contributed by atoms with van der Waals surface area (Å²) in [4.78, 5) is 22.3. The van der Waals surface area contributed by atoms with Crippen LogP contribution in [0.25, 0.3) is 27.5 Å². The summed E-state index contributed by atoms with van der Waals surface area (Å²) in [5.74, 6) is 1.06. The Morgan fingerprint density at radius 1 is 1.24 bits per heavy atom. The Balaban J connectivity index is 1.72. The number of thiazole rings is 1. The molecule has 0 fully saturated rings. The van der Waals surface area contributed by atoms with Crippen LogP contribution < -0.4 is 16.0 Å². The van der Waals surface area contributed by atoms with Gasteiger partial charge in [0, 0.05) is 30.9 Å². The number of benzene rings is 1. The molecule has 174 valence electrons. The van der Waals surface area contributed by atoms with Crippen molar-refractivity contribution in [3.05, 3.63) is 59.4 Å². The normalized spacial score (nSPS) is 14.3. The lowest BCUT2D eigenvalue weighted by Crippen LogP contribution is -2.24. The van der Waals surface area contributed by atoms with Crippen molar-refractivity contribution in [3.8, 4) is 27.5 Å². The maximum absolute atomic E-state index is 11.9. The van der Waals surface area contributed by atoms with Gasteiger partial charge in [0.1, 0.15) is 5.82 Å². The van der Waals surface area contributed by atoms with Gasteiger partial charge in [0.25, 0.3) is 0 Å². The number of carbonyl (C=O) groups is 1. The number of urea groups is 1. The minimum Gasteiger partial charge on any atom is -0.370 e. The Bertz CT molecular complexity index is 1360. The second kappa shape index (κ2) is 8.90. The number of anilines is 2. The molecule has 9 heteroatoms. The molecule has 1 atom stereocenters. The van der Waals surface area contributed by atoms with Crippen LogP contribution in [-0.4, -0.2) is 39.4 Å². The van der Waals surface area contributed by atoms with E-state index in [1.54, 1.807) is 7.05 Å². The number of hydrogen-bond acceptors (Lipinski definition) is 6. The van der Waals surface area contributed by atoms with Crippen molar-refractivity contribution in [2.24, 2.45) is 0 Å². The van der Waals surface area contributed by atoms with Crippen LogP contribution in [0.3, 0.4) is 0 Å². The zero-order valence-electron chi connectivity index (χ0n) is 19.6. The number of carbonyl (C=O) groups excluding carboxylic acids is 1. The fourth-order valence-corrected chi connectivity index (χ4v) is 5.44. The van der Waals surface area contributed by atoms with Gasteiger partial charge in [-0.25, -0.2) is 19.4 Å². The average molecular weight is 474 g/mol. The number of para-hydroxylation sites is 1. The van der Waals surface area contributed by atoms with Crippen molar-refractivity contribution in [2.45, 2.75) is 33.1 Å². The van der Waals surface area contributed by atoms with E-state index >= 15 is 0 Å². The average Bonchev–Trinajstić information content (AvgIpc) is 3.42. The molecule has 3 aromatic heterocycles. The van der Waals surface area contributed by atoms with Gasteiger partial charge >= 0.3 is 6.03 Å². The molecule has 0 spiro atoms. The lowest BCUT2D eigenvalue weighted by molar-refractivity contribution is 0.254. The van der Waals surface area contributed by atoms with Gasteiger partial charge in [-0.2, -0.15) is 5.10 Å². The van der Waals surface area contributed by atoms with Gasteiger partial charge < -0.3 is 10.6 Å². The summed E-state index contributed by atoms with van der Waals surface area (Å²) in [6, 6.07) is 12.0. The van der Waals surface area contributed by atoms with Gasteiger partial charge in [0.2, 0.25) is 0 Å². The Kier molecular flexibility index (Phi) is 5.79. The van der Waals surface area contributed by atoms with Crippen LogP contribution in [0, 0.1) is 6.92 Å². The van der Waals surface area contributed by atoms with E-state index in [0.29, 0.717) is 5.13 Å². The largest absolute Gasteiger partial charge is 0.370 e. The molecule has 0 radical (unpaired) electrons. The molecule has 0 saturated heterocycles. The van der Waals surface area contributed by atoms with E-state index in [1.807, 2.05) is 29.1 Å². The Hall–Kier alpha value is -3.72. The SMILES string of the molecule is CCNc1ccc(-c2nn(-c3ccccc3C)c3c2C(C)Cc2nc(NC(=O)NC)sc2-3)cn1. The quantitative estimate of drug-likeness (QED) is 0.370. The third kappa shape index (κ3) is 3.81. The van der Waals surface area contributed by atoms with Gasteiger partial charge in [0.15, 0.2) is 5.13 Å². The van der Waals surface area contributed by atoms with Crippen LogP contribution in [0.2, 0.25) is 0 Å². The molecule has 1 aliphatic carbocycles. The Morgan fingerprint density at radius 2 is 2.06 bits per heavy atom. The molecule has 0 bridgehead atoms. The summed E-state index contributed by atoms with van der Waals surface area (Å²) in [5.41, 5.74) is 7.28. The lowest BCUT2D eigenvalue weighted by atomic mass is 9.86. The van der Waals surface area contributed by atoms with E-state index < -0.39 is 0 Å². The second-order valence-corrected chi connectivity index (χ2v) is 9.37. The van der Waals surface area contributed by atoms with Gasteiger partial charge in [0.05, 0.1) is 27.6 Å². The summed E-state index contributed by atoms with van der Waals surface area (Å²) in [7, 11) is 1.60. The zero-order chi connectivity index (χ0) is 23.8. The van der Waals surface area contributed by atoms with Gasteiger partial charge in [-0.3, -0.25) is 5.32 Å². The highest BCUT2D eigenvalue weighted by molar-refractivity contribution is 7.19. The standard InChI is InChI=1S/C25H27N7OS/c1-5-27-19-11-10-16(13-28-19)21-20-15(3)12-17-23(34-25(29-17)30-24(33)26-4)22(20)32(31-21)18-9-7-6-8-14(18)2/h6-11,13,15H,5,12H2,1-4H3,(H,27,28)(H2,26,29,30,33). The number of rotatable bonds is 5. The fourth-order valence-electron chi connectivity index (χ4n) is 4.40. The molecule has 0 aliphatic heterocycles. The molecular weight excluding hydrogens is 446 g/mol. The molecule has 1 unspecified atom stereocenters. The first kappa shape index (κ1) is 22.1. The van der Waals surface area contributed by atoms with E-state index in [-0.39, 0.29) is 11.9 Å². The Morgan fingerprint density at radius 3 is 2.76 bits per heavy atom. The van der Waals surface area contributed by atoms with E-state index in [0.717, 1.165) is 57.6 Å². The highest BCUT2D eigenvalue weighted by Crippen LogP contribution is 2.48. The summed E-state index contributed by atoms with van der Waals surface area (Å²) in [5, 5.41) is 14.4. The molecule has 8 nitrogen and oxygen atoms in total. The molecule has 1 aromatic carbocycles. The summed E-state index contributed by atoms with van der Waals surface area (Å²) in [6.07, 6.45) is 2.67. The molecule has 0 saturated carbocycles. The maximum Gasteiger partial charge on any atom is 0.320 e. The predicted molar refractivity (Wildman–Crippen MR) is 137 cm³/mol. The van der Waals surface area contributed by atoms with E-state index in [9.17, 15) is 4.79 Å². The van der Waals surface area contributed by atoms with E-state index in [4.69, 9.17) is 10.1 Å². The molecule has 4 aromatic rings. The molecule has 34 heavy (non-hydrogen) atoms. The number of amides is 2. The number of nitrogens with zero attached hydrogens (tertiary/aromatic N) is 4. The third-order valence-corrected chi connectivity index (χ3v) is 7.03. The molecule has 3 heterocycles. The summed E-state index contributed by atoms with van der Waals surface area (Å²) >= 11 is 1.49. The number of aromatic nitrogens is 4. The van der Waals surface area contributed by atoms with Crippen molar-refractivity contribution in [2.75, 3.05) is 24.2 Å². The van der Waals surface area contributed by atoms with Crippen LogP contribution in [0.5, 0.6) is 0 Å². The zero-order valence-corrected chi connectivity index (χ0v) is 20.5. The number of aryl methyl sites for hydroxylation is 1. The van der Waals surface area contributed by atoms with Crippen molar-refractivity contribution < 1.29 is 4.79 Å². The maximum atomic E-state index is 11.9. The van der Waals surface area contributed by atoms with Crippen LogP contribution in [-0.2, 0) is 6.42 Å². The number of nitrogens with one attached hydrogen (secondary N) is 3. The third-order valence-electron chi connectivity index (χ3n) is 6.01. The molecule has 3 N–H and O–H groups in total. The first-order valence-corrected chi connectivity index (χ1v) is 12.2. The van der Waals surface area contributed by atoms with Crippen molar-refractivity contribution in [1.82, 2.24) is 25.1 Å². The Labute approximate surface area is 202 Å².